The molecule has 0 aliphatic heterocycles. The van der Waals surface area contributed by atoms with Crippen LogP contribution in [-0.4, -0.2) is 33.3 Å². The van der Waals surface area contributed by atoms with Crippen LogP contribution in [0.2, 0.25) is 0 Å². The van der Waals surface area contributed by atoms with E-state index in [0.717, 1.165) is 34.9 Å². The van der Waals surface area contributed by atoms with Gasteiger partial charge in [-0.1, -0.05) is 18.2 Å². The van der Waals surface area contributed by atoms with Gasteiger partial charge in [0.25, 0.3) is 0 Å². The number of benzene rings is 2. The molecule has 3 atom stereocenters. The molecule has 1 aliphatic carbocycles. The summed E-state index contributed by atoms with van der Waals surface area (Å²) in [4.78, 5) is 8.48. The van der Waals surface area contributed by atoms with E-state index in [0.29, 0.717) is 30.6 Å². The first-order valence-electron chi connectivity index (χ1n) is 10.7. The molecule has 6 nitrogen and oxygen atoms in total. The Morgan fingerprint density at radius 1 is 1.03 bits per heavy atom. The van der Waals surface area contributed by atoms with E-state index in [1.807, 2.05) is 36.4 Å². The fraction of sp³-hybridized carbons (Fsp3) is 0.333. The molecule has 0 saturated heterocycles. The molecule has 2 aromatic carbocycles. The SMILES string of the molecule is O[C@@H]1C[C@@H](NCc2cccc3ocnc23)CC[C@@H]1NCc1cc2cccnc2cc1F. The van der Waals surface area contributed by atoms with Crippen molar-refractivity contribution in [2.45, 2.75) is 50.5 Å². The van der Waals surface area contributed by atoms with E-state index in [4.69, 9.17) is 4.42 Å². The van der Waals surface area contributed by atoms with E-state index in [1.54, 1.807) is 6.20 Å². The number of aromatic nitrogens is 2. The number of fused-ring (bicyclic) bond motifs is 2. The van der Waals surface area contributed by atoms with Crippen LogP contribution in [0, 0.1) is 5.82 Å². The molecule has 0 amide bonds. The molecule has 1 fully saturated rings. The number of hydrogen-bond donors (Lipinski definition) is 3. The molecule has 5 rings (SSSR count). The third-order valence-corrected chi connectivity index (χ3v) is 6.17. The Kier molecular flexibility index (Phi) is 5.63. The number of nitrogens with one attached hydrogen (secondary N) is 2. The maximum Gasteiger partial charge on any atom is 0.181 e. The normalized spacial score (nSPS) is 21.7. The van der Waals surface area contributed by atoms with E-state index in [2.05, 4.69) is 20.6 Å². The Labute approximate surface area is 179 Å². The van der Waals surface area contributed by atoms with E-state index >= 15 is 0 Å². The number of nitrogens with zero attached hydrogens (tertiary/aromatic N) is 2. The predicted octanol–water partition coefficient (Wildman–Crippen LogP) is 3.68. The monoisotopic (exact) mass is 420 g/mol. The summed E-state index contributed by atoms with van der Waals surface area (Å²) in [7, 11) is 0. The smallest absolute Gasteiger partial charge is 0.181 e. The molecule has 7 heteroatoms. The number of para-hydroxylation sites is 1. The zero-order chi connectivity index (χ0) is 21.2. The van der Waals surface area contributed by atoms with E-state index < -0.39 is 6.10 Å². The van der Waals surface area contributed by atoms with Gasteiger partial charge >= 0.3 is 0 Å². The van der Waals surface area contributed by atoms with Crippen LogP contribution in [-0.2, 0) is 13.1 Å². The standard InChI is InChI=1S/C24H25FN4O2/c25-19-11-21-15(4-2-8-26-21)9-17(19)13-28-20-7-6-18(10-22(20)30)27-12-16-3-1-5-23-24(16)29-14-31-23/h1-5,8-9,11,14,18,20,22,27-28,30H,6-7,10,12-13H2/t18-,20-,22+/m0/s1. The first-order chi connectivity index (χ1) is 15.2. The average molecular weight is 420 g/mol. The van der Waals surface area contributed by atoms with Gasteiger partial charge in [0, 0.05) is 48.4 Å². The summed E-state index contributed by atoms with van der Waals surface area (Å²) in [5.74, 6) is -0.273. The van der Waals surface area contributed by atoms with Crippen molar-refractivity contribution in [2.75, 3.05) is 0 Å². The maximum atomic E-state index is 14.4. The minimum Gasteiger partial charge on any atom is -0.443 e. The zero-order valence-corrected chi connectivity index (χ0v) is 17.1. The van der Waals surface area contributed by atoms with Gasteiger partial charge in [0.1, 0.15) is 11.3 Å². The number of pyridine rings is 1. The topological polar surface area (TPSA) is 83.2 Å². The summed E-state index contributed by atoms with van der Waals surface area (Å²) in [6.45, 7) is 1.06. The van der Waals surface area contributed by atoms with Crippen molar-refractivity contribution in [3.63, 3.8) is 0 Å². The Balaban J connectivity index is 1.16. The summed E-state index contributed by atoms with van der Waals surface area (Å²) in [6.07, 6.45) is 5.05. The van der Waals surface area contributed by atoms with Crippen LogP contribution in [0.3, 0.4) is 0 Å². The van der Waals surface area contributed by atoms with Gasteiger partial charge in [0.2, 0.25) is 0 Å². The highest BCUT2D eigenvalue weighted by Gasteiger charge is 2.28. The Morgan fingerprint density at radius 2 is 1.94 bits per heavy atom. The van der Waals surface area contributed by atoms with Gasteiger partial charge in [-0.25, -0.2) is 9.37 Å². The molecule has 1 saturated carbocycles. The highest BCUT2D eigenvalue weighted by molar-refractivity contribution is 5.79. The number of oxazole rings is 1. The van der Waals surface area contributed by atoms with Crippen LogP contribution >= 0.6 is 0 Å². The van der Waals surface area contributed by atoms with Crippen molar-refractivity contribution in [3.05, 3.63) is 72.0 Å². The number of aliphatic hydroxyl groups excluding tert-OH is 1. The van der Waals surface area contributed by atoms with Gasteiger partial charge in [-0.05, 0) is 43.0 Å². The van der Waals surface area contributed by atoms with Crippen LogP contribution in [0.15, 0.2) is 59.5 Å². The highest BCUT2D eigenvalue weighted by Crippen LogP contribution is 2.23. The van der Waals surface area contributed by atoms with Crippen molar-refractivity contribution in [1.82, 2.24) is 20.6 Å². The molecule has 0 radical (unpaired) electrons. The van der Waals surface area contributed by atoms with Crippen molar-refractivity contribution < 1.29 is 13.9 Å². The minimum absolute atomic E-state index is 0.0546. The van der Waals surface area contributed by atoms with E-state index in [1.165, 1.54) is 12.5 Å². The third kappa shape index (κ3) is 4.30. The van der Waals surface area contributed by atoms with Gasteiger partial charge in [-0.2, -0.15) is 0 Å². The largest absolute Gasteiger partial charge is 0.443 e. The molecule has 2 aromatic heterocycles. The summed E-state index contributed by atoms with van der Waals surface area (Å²) >= 11 is 0. The quantitative estimate of drug-likeness (QED) is 0.441. The lowest BCUT2D eigenvalue weighted by atomic mass is 9.88. The second-order valence-corrected chi connectivity index (χ2v) is 8.20. The Bertz CT molecular complexity index is 1190. The zero-order valence-electron chi connectivity index (χ0n) is 17.1. The summed E-state index contributed by atoms with van der Waals surface area (Å²) < 4.78 is 19.8. The Hall–Kier alpha value is -2.87. The van der Waals surface area contributed by atoms with E-state index in [9.17, 15) is 9.50 Å². The first-order valence-corrected chi connectivity index (χ1v) is 10.7. The van der Waals surface area contributed by atoms with E-state index in [-0.39, 0.29) is 17.9 Å². The molecule has 2 heterocycles. The molecule has 0 bridgehead atoms. The van der Waals surface area contributed by atoms with Crippen LogP contribution in [0.5, 0.6) is 0 Å². The van der Waals surface area contributed by atoms with Crippen LogP contribution in [0.4, 0.5) is 4.39 Å². The lowest BCUT2D eigenvalue weighted by molar-refractivity contribution is 0.0741. The van der Waals surface area contributed by atoms with Gasteiger partial charge < -0.3 is 20.2 Å². The summed E-state index contributed by atoms with van der Waals surface area (Å²) in [6, 6.07) is 13.1. The highest BCUT2D eigenvalue weighted by atomic mass is 19.1. The average Bonchev–Trinajstić information content (AvgIpc) is 3.26. The fourth-order valence-corrected chi connectivity index (χ4v) is 4.43. The maximum absolute atomic E-state index is 14.4. The molecule has 1 aliphatic rings. The van der Waals surface area contributed by atoms with Crippen LogP contribution < -0.4 is 10.6 Å². The minimum atomic E-state index is -0.487. The number of aliphatic hydroxyl groups is 1. The molecule has 160 valence electrons. The molecule has 3 N–H and O–H groups in total. The lowest BCUT2D eigenvalue weighted by Crippen LogP contribution is -2.48. The second-order valence-electron chi connectivity index (χ2n) is 8.20. The van der Waals surface area contributed by atoms with Gasteiger partial charge in [0.15, 0.2) is 12.0 Å². The number of hydrogen-bond acceptors (Lipinski definition) is 6. The van der Waals surface area contributed by atoms with Gasteiger partial charge in [-0.15, -0.1) is 0 Å². The molecule has 0 unspecified atom stereocenters. The molecule has 31 heavy (non-hydrogen) atoms. The van der Waals surface area contributed by atoms with Crippen molar-refractivity contribution in [2.24, 2.45) is 0 Å². The number of halogens is 1. The summed E-state index contributed by atoms with van der Waals surface area (Å²) in [5.41, 5.74) is 3.98. The number of rotatable bonds is 6. The predicted molar refractivity (Wildman–Crippen MR) is 117 cm³/mol. The van der Waals surface area contributed by atoms with Crippen LogP contribution in [0.25, 0.3) is 22.0 Å². The van der Waals surface area contributed by atoms with Crippen LogP contribution in [0.1, 0.15) is 30.4 Å². The fourth-order valence-electron chi connectivity index (χ4n) is 4.43. The third-order valence-electron chi connectivity index (χ3n) is 6.17. The van der Waals surface area contributed by atoms with Crippen molar-refractivity contribution >= 4 is 22.0 Å². The Morgan fingerprint density at radius 3 is 2.84 bits per heavy atom. The first kappa shape index (κ1) is 20.1. The molecule has 4 aromatic rings. The second kappa shape index (κ2) is 8.70. The van der Waals surface area contributed by atoms with Crippen molar-refractivity contribution in [3.8, 4) is 0 Å². The lowest BCUT2D eigenvalue weighted by Gasteiger charge is -2.34. The van der Waals surface area contributed by atoms with Gasteiger partial charge in [0.05, 0.1) is 11.6 Å². The molecular weight excluding hydrogens is 395 g/mol. The van der Waals surface area contributed by atoms with Crippen molar-refractivity contribution in [1.29, 1.82) is 0 Å². The molecule has 0 spiro atoms. The molecular formula is C24H25FN4O2. The summed E-state index contributed by atoms with van der Waals surface area (Å²) in [5, 5.41) is 18.5. The van der Waals surface area contributed by atoms with Gasteiger partial charge in [-0.3, -0.25) is 4.98 Å².